The summed E-state index contributed by atoms with van der Waals surface area (Å²) < 4.78 is 21.0. The van der Waals surface area contributed by atoms with Crippen molar-refractivity contribution < 1.29 is 9.13 Å². The first-order valence-electron chi connectivity index (χ1n) is 9.39. The molecule has 2 aromatic carbocycles. The lowest BCUT2D eigenvalue weighted by molar-refractivity contribution is 0.238. The van der Waals surface area contributed by atoms with Gasteiger partial charge in [0.05, 0.1) is 0 Å². The number of likely N-dealkylation sites (tertiary alicyclic amines) is 1. The molecule has 4 rings (SSSR count). The first-order valence-corrected chi connectivity index (χ1v) is 9.39. The van der Waals surface area contributed by atoms with Crippen molar-refractivity contribution in [3.63, 3.8) is 0 Å². The average Bonchev–Trinajstić information content (AvgIpc) is 3.33. The van der Waals surface area contributed by atoms with E-state index in [9.17, 15) is 4.39 Å². The van der Waals surface area contributed by atoms with E-state index < -0.39 is 5.82 Å². The molecular formula is C20H23FN6O. The fraction of sp³-hybridized carbons (Fsp3) is 0.300. The molecule has 1 aliphatic heterocycles. The van der Waals surface area contributed by atoms with E-state index in [4.69, 9.17) is 10.5 Å². The highest BCUT2D eigenvalue weighted by Gasteiger charge is 2.13. The van der Waals surface area contributed by atoms with Gasteiger partial charge in [-0.15, -0.1) is 5.10 Å². The quantitative estimate of drug-likeness (QED) is 0.653. The molecule has 7 nitrogen and oxygen atoms in total. The van der Waals surface area contributed by atoms with Gasteiger partial charge in [-0.25, -0.2) is 4.39 Å². The zero-order valence-corrected chi connectivity index (χ0v) is 15.5. The van der Waals surface area contributed by atoms with Crippen molar-refractivity contribution in [3.8, 4) is 11.4 Å². The molecule has 0 bridgehead atoms. The van der Waals surface area contributed by atoms with Crippen LogP contribution in [-0.2, 0) is 0 Å². The summed E-state index contributed by atoms with van der Waals surface area (Å²) in [6, 6.07) is 13.8. The smallest absolute Gasteiger partial charge is 0.248 e. The van der Waals surface area contributed by atoms with E-state index in [1.54, 1.807) is 18.2 Å². The molecule has 0 amide bonds. The van der Waals surface area contributed by atoms with Crippen molar-refractivity contribution in [1.29, 1.82) is 0 Å². The number of nitrogens with one attached hydrogen (secondary N) is 1. The second kappa shape index (κ2) is 8.26. The van der Waals surface area contributed by atoms with Gasteiger partial charge in [0.15, 0.2) is 0 Å². The third kappa shape index (κ3) is 4.23. The number of nitrogen functional groups attached to an aromatic ring is 1. The Morgan fingerprint density at radius 3 is 2.57 bits per heavy atom. The zero-order valence-electron chi connectivity index (χ0n) is 15.5. The summed E-state index contributed by atoms with van der Waals surface area (Å²) in [5.74, 6) is 0.799. The van der Waals surface area contributed by atoms with E-state index >= 15 is 0 Å². The average molecular weight is 382 g/mol. The lowest BCUT2D eigenvalue weighted by Gasteiger charge is -2.15. The van der Waals surface area contributed by atoms with E-state index in [1.807, 2.05) is 24.3 Å². The largest absolute Gasteiger partial charge is 0.492 e. The summed E-state index contributed by atoms with van der Waals surface area (Å²) in [5, 5.41) is 7.32. The number of anilines is 3. The van der Waals surface area contributed by atoms with Crippen LogP contribution in [0.1, 0.15) is 12.8 Å². The Balaban J connectivity index is 1.37. The number of nitrogens with zero attached hydrogens (tertiary/aromatic N) is 4. The number of hydrogen-bond acceptors (Lipinski definition) is 6. The minimum Gasteiger partial charge on any atom is -0.492 e. The Morgan fingerprint density at radius 2 is 1.82 bits per heavy atom. The highest BCUT2D eigenvalue weighted by Crippen LogP contribution is 2.21. The zero-order chi connectivity index (χ0) is 19.3. The molecule has 8 heteroatoms. The van der Waals surface area contributed by atoms with Gasteiger partial charge in [0.1, 0.15) is 23.9 Å². The first-order chi connectivity index (χ1) is 13.7. The van der Waals surface area contributed by atoms with Crippen LogP contribution in [0, 0.1) is 5.82 Å². The van der Waals surface area contributed by atoms with Crippen molar-refractivity contribution >= 4 is 17.6 Å². The molecule has 3 N–H and O–H groups in total. The molecule has 0 unspecified atom stereocenters. The molecule has 0 radical (unpaired) electrons. The number of hydrogen-bond donors (Lipinski definition) is 2. The summed E-state index contributed by atoms with van der Waals surface area (Å²) >= 11 is 0. The van der Waals surface area contributed by atoms with Crippen molar-refractivity contribution in [2.75, 3.05) is 37.3 Å². The van der Waals surface area contributed by atoms with Gasteiger partial charge >= 0.3 is 0 Å². The molecule has 1 aromatic heterocycles. The van der Waals surface area contributed by atoms with Crippen molar-refractivity contribution in [2.24, 2.45) is 0 Å². The molecule has 0 atom stereocenters. The fourth-order valence-electron chi connectivity index (χ4n) is 3.24. The van der Waals surface area contributed by atoms with Crippen LogP contribution in [-0.4, -0.2) is 45.9 Å². The Kier molecular flexibility index (Phi) is 5.38. The topological polar surface area (TPSA) is 81.2 Å². The molecular weight excluding hydrogens is 359 g/mol. The SMILES string of the molecule is Nc1nc(Nc2ccc(OCCN3CCCC3)cc2)nn1-c1ccccc1F. The van der Waals surface area contributed by atoms with Crippen molar-refractivity contribution in [3.05, 3.63) is 54.3 Å². The minimum absolute atomic E-state index is 0.106. The number of para-hydroxylation sites is 1. The van der Waals surface area contributed by atoms with Crippen LogP contribution < -0.4 is 15.8 Å². The van der Waals surface area contributed by atoms with Crippen LogP contribution in [0.25, 0.3) is 5.69 Å². The summed E-state index contributed by atoms with van der Waals surface area (Å²) in [6.45, 7) is 3.97. The number of nitrogens with two attached hydrogens (primary N) is 1. The first kappa shape index (κ1) is 18.2. The summed E-state index contributed by atoms with van der Waals surface area (Å²) in [6.07, 6.45) is 2.57. The maximum Gasteiger partial charge on any atom is 0.248 e. The van der Waals surface area contributed by atoms with E-state index in [-0.39, 0.29) is 11.6 Å². The van der Waals surface area contributed by atoms with Crippen molar-refractivity contribution in [1.82, 2.24) is 19.7 Å². The Morgan fingerprint density at radius 1 is 1.07 bits per heavy atom. The van der Waals surface area contributed by atoms with Gasteiger partial charge < -0.3 is 15.8 Å². The molecule has 0 aliphatic carbocycles. The molecule has 0 saturated carbocycles. The molecule has 146 valence electrons. The third-order valence-electron chi connectivity index (χ3n) is 4.70. The van der Waals surface area contributed by atoms with Crippen LogP contribution >= 0.6 is 0 Å². The Labute approximate surface area is 162 Å². The second-order valence-electron chi connectivity index (χ2n) is 6.70. The fourth-order valence-corrected chi connectivity index (χ4v) is 3.24. The maximum atomic E-state index is 14.0. The van der Waals surface area contributed by atoms with Crippen molar-refractivity contribution in [2.45, 2.75) is 12.8 Å². The van der Waals surface area contributed by atoms with Crippen LogP contribution in [0.5, 0.6) is 5.75 Å². The van der Waals surface area contributed by atoms with Crippen LogP contribution in [0.4, 0.5) is 22.0 Å². The monoisotopic (exact) mass is 382 g/mol. The number of aromatic nitrogens is 3. The van der Waals surface area contributed by atoms with E-state index in [1.165, 1.54) is 36.7 Å². The molecule has 1 fully saturated rings. The lowest BCUT2D eigenvalue weighted by atomic mass is 10.3. The highest BCUT2D eigenvalue weighted by molar-refractivity contribution is 5.56. The maximum absolute atomic E-state index is 14.0. The van der Waals surface area contributed by atoms with E-state index in [2.05, 4.69) is 20.3 Å². The predicted octanol–water partition coefficient (Wildman–Crippen LogP) is 3.21. The van der Waals surface area contributed by atoms with Gasteiger partial charge in [0.25, 0.3) is 0 Å². The Hall–Kier alpha value is -3.13. The molecule has 1 aliphatic rings. The molecule has 0 spiro atoms. The van der Waals surface area contributed by atoms with Gasteiger partial charge in [0.2, 0.25) is 11.9 Å². The number of benzene rings is 2. The number of halogens is 1. The second-order valence-corrected chi connectivity index (χ2v) is 6.70. The Bertz CT molecular complexity index is 921. The molecule has 28 heavy (non-hydrogen) atoms. The van der Waals surface area contributed by atoms with Gasteiger partial charge in [-0.3, -0.25) is 4.90 Å². The predicted molar refractivity (Wildman–Crippen MR) is 107 cm³/mol. The van der Waals surface area contributed by atoms with E-state index in [0.29, 0.717) is 12.6 Å². The molecule has 2 heterocycles. The van der Waals surface area contributed by atoms with E-state index in [0.717, 1.165) is 18.0 Å². The summed E-state index contributed by atoms with van der Waals surface area (Å²) in [4.78, 5) is 6.57. The summed E-state index contributed by atoms with van der Waals surface area (Å²) in [7, 11) is 0. The standard InChI is InChI=1S/C20H23FN6O/c21-17-5-1-2-6-18(17)27-19(22)24-20(25-27)23-15-7-9-16(10-8-15)28-14-13-26-11-3-4-12-26/h1-2,5-10H,3-4,11-14H2,(H3,22,23,24,25). The number of rotatable bonds is 7. The van der Waals surface area contributed by atoms with Crippen LogP contribution in [0.3, 0.4) is 0 Å². The third-order valence-corrected chi connectivity index (χ3v) is 4.70. The number of ether oxygens (including phenoxy) is 1. The van der Waals surface area contributed by atoms with Gasteiger partial charge in [0, 0.05) is 12.2 Å². The van der Waals surface area contributed by atoms with Crippen LogP contribution in [0.15, 0.2) is 48.5 Å². The molecule has 3 aromatic rings. The highest BCUT2D eigenvalue weighted by atomic mass is 19.1. The van der Waals surface area contributed by atoms with Crippen LogP contribution in [0.2, 0.25) is 0 Å². The van der Waals surface area contributed by atoms with Gasteiger partial charge in [-0.2, -0.15) is 9.67 Å². The lowest BCUT2D eigenvalue weighted by Crippen LogP contribution is -2.25. The summed E-state index contributed by atoms with van der Waals surface area (Å²) in [5.41, 5.74) is 6.93. The molecule has 1 saturated heterocycles. The van der Waals surface area contributed by atoms with Gasteiger partial charge in [-0.1, -0.05) is 12.1 Å². The normalized spacial score (nSPS) is 14.3. The van der Waals surface area contributed by atoms with Gasteiger partial charge in [-0.05, 0) is 62.3 Å². The minimum atomic E-state index is -0.416.